The fourth-order valence-corrected chi connectivity index (χ4v) is 4.79. The van der Waals surface area contributed by atoms with Crippen molar-refractivity contribution in [3.05, 3.63) is 131 Å². The van der Waals surface area contributed by atoms with Crippen LogP contribution in [0.15, 0.2) is 103 Å². The number of benzene rings is 4. The average Bonchev–Trinajstić information content (AvgIpc) is 2.91. The van der Waals surface area contributed by atoms with Crippen molar-refractivity contribution in [3.8, 4) is 5.75 Å². The highest BCUT2D eigenvalue weighted by Crippen LogP contribution is 2.49. The molecule has 1 saturated heterocycles. The van der Waals surface area contributed by atoms with Crippen molar-refractivity contribution in [2.75, 3.05) is 11.5 Å². The monoisotopic (exact) mass is 485 g/mol. The van der Waals surface area contributed by atoms with Crippen molar-refractivity contribution in [2.45, 2.75) is 18.6 Å². The van der Waals surface area contributed by atoms with Gasteiger partial charge >= 0.3 is 0 Å². The third-order valence-electron chi connectivity index (χ3n) is 6.64. The summed E-state index contributed by atoms with van der Waals surface area (Å²) >= 11 is 0. The predicted molar refractivity (Wildman–Crippen MR) is 134 cm³/mol. The number of hydrogen-bond donors (Lipinski definition) is 1. The van der Waals surface area contributed by atoms with E-state index in [1.165, 1.54) is 24.3 Å². The van der Waals surface area contributed by atoms with E-state index in [0.29, 0.717) is 23.6 Å². The second-order valence-corrected chi connectivity index (χ2v) is 8.84. The molecular weight excluding hydrogens is 460 g/mol. The molecule has 36 heavy (non-hydrogen) atoms. The molecule has 1 fully saturated rings. The number of halogens is 2. The highest BCUT2D eigenvalue weighted by Gasteiger charge is 2.52. The molecular formula is C30H25F2NO3. The summed E-state index contributed by atoms with van der Waals surface area (Å²) in [6, 6.07) is 28.6. The number of carbonyl (C=O) groups is 1. The second-order valence-electron chi connectivity index (χ2n) is 8.84. The van der Waals surface area contributed by atoms with E-state index in [9.17, 15) is 18.7 Å². The van der Waals surface area contributed by atoms with E-state index in [0.717, 1.165) is 11.1 Å². The van der Waals surface area contributed by atoms with Crippen LogP contribution in [0.25, 0.3) is 0 Å². The number of amides is 1. The van der Waals surface area contributed by atoms with Crippen molar-refractivity contribution in [1.29, 1.82) is 0 Å². The molecule has 1 unspecified atom stereocenters. The van der Waals surface area contributed by atoms with Crippen LogP contribution in [0.1, 0.15) is 28.7 Å². The van der Waals surface area contributed by atoms with Gasteiger partial charge in [-0.2, -0.15) is 0 Å². The zero-order valence-corrected chi connectivity index (χ0v) is 19.4. The Morgan fingerprint density at radius 3 is 2.03 bits per heavy atom. The quantitative estimate of drug-likeness (QED) is 0.310. The molecule has 1 N–H and O–H groups in total. The zero-order valence-electron chi connectivity index (χ0n) is 19.4. The Bertz CT molecular complexity index is 1310. The first-order chi connectivity index (χ1) is 17.5. The molecule has 0 bridgehead atoms. The summed E-state index contributed by atoms with van der Waals surface area (Å²) in [6.07, 6.45) is 0. The lowest BCUT2D eigenvalue weighted by Crippen LogP contribution is -2.57. The molecule has 1 aliphatic rings. The second kappa shape index (κ2) is 10.3. The van der Waals surface area contributed by atoms with Crippen LogP contribution in [-0.2, 0) is 11.4 Å². The van der Waals surface area contributed by atoms with Crippen LogP contribution in [0.3, 0.4) is 0 Å². The number of hydrogen-bond acceptors (Lipinski definition) is 3. The molecule has 0 saturated carbocycles. The van der Waals surface area contributed by atoms with Gasteiger partial charge in [0.1, 0.15) is 24.0 Å². The Kier molecular flexibility index (Phi) is 6.78. The van der Waals surface area contributed by atoms with Crippen LogP contribution in [0.5, 0.6) is 5.75 Å². The number of anilines is 1. The van der Waals surface area contributed by atoms with E-state index in [1.807, 2.05) is 54.6 Å². The van der Waals surface area contributed by atoms with Crippen molar-refractivity contribution in [3.63, 3.8) is 0 Å². The topological polar surface area (TPSA) is 49.8 Å². The lowest BCUT2D eigenvalue weighted by Gasteiger charge is -2.50. The number of rotatable bonds is 8. The van der Waals surface area contributed by atoms with Crippen molar-refractivity contribution in [2.24, 2.45) is 5.92 Å². The van der Waals surface area contributed by atoms with Crippen LogP contribution in [0.2, 0.25) is 0 Å². The summed E-state index contributed by atoms with van der Waals surface area (Å²) in [5.41, 5.74) is 3.17. The first kappa shape index (κ1) is 23.7. The zero-order chi connectivity index (χ0) is 25.1. The van der Waals surface area contributed by atoms with Gasteiger partial charge in [-0.3, -0.25) is 4.79 Å². The van der Waals surface area contributed by atoms with Crippen LogP contribution in [0.4, 0.5) is 14.5 Å². The van der Waals surface area contributed by atoms with Gasteiger partial charge in [0.25, 0.3) is 0 Å². The number of ether oxygens (including phenoxy) is 1. The molecule has 4 nitrogen and oxygen atoms in total. The van der Waals surface area contributed by atoms with Gasteiger partial charge in [0, 0.05) is 11.6 Å². The Balaban J connectivity index is 1.44. The van der Waals surface area contributed by atoms with Gasteiger partial charge in [0.2, 0.25) is 5.91 Å². The first-order valence-corrected chi connectivity index (χ1v) is 11.8. The summed E-state index contributed by atoms with van der Waals surface area (Å²) in [5, 5.41) is 10.2. The maximum atomic E-state index is 13.6. The lowest BCUT2D eigenvalue weighted by atomic mass is 9.71. The van der Waals surface area contributed by atoms with E-state index in [2.05, 4.69) is 0 Å². The number of nitrogens with zero attached hydrogens (tertiary/aromatic N) is 1. The minimum Gasteiger partial charge on any atom is -0.489 e. The molecule has 1 aliphatic heterocycles. The fraction of sp³-hybridized carbons (Fsp3) is 0.167. The maximum Gasteiger partial charge on any atom is 0.233 e. The number of aliphatic hydroxyl groups is 1. The minimum absolute atomic E-state index is 0.181. The summed E-state index contributed by atoms with van der Waals surface area (Å²) < 4.78 is 33.0. The molecule has 1 amide bonds. The summed E-state index contributed by atoms with van der Waals surface area (Å²) in [6.45, 7) is 0.164. The summed E-state index contributed by atoms with van der Waals surface area (Å²) in [5.74, 6) is -1.35. The van der Waals surface area contributed by atoms with Gasteiger partial charge in [0.15, 0.2) is 0 Å². The Hall–Kier alpha value is -4.03. The number of β-lactam (4-membered cyclic amide) rings is 1. The average molecular weight is 486 g/mol. The fourth-order valence-electron chi connectivity index (χ4n) is 4.79. The van der Waals surface area contributed by atoms with Crippen molar-refractivity contribution < 1.29 is 23.4 Å². The first-order valence-electron chi connectivity index (χ1n) is 11.8. The molecule has 4 aromatic carbocycles. The van der Waals surface area contributed by atoms with E-state index < -0.39 is 17.9 Å². The number of carbonyl (C=O) groups excluding carboxylic acids is 1. The van der Waals surface area contributed by atoms with Gasteiger partial charge in [-0.25, -0.2) is 8.78 Å². The molecule has 4 aromatic rings. The van der Waals surface area contributed by atoms with E-state index in [1.54, 1.807) is 29.2 Å². The van der Waals surface area contributed by atoms with E-state index >= 15 is 0 Å². The maximum absolute atomic E-state index is 13.6. The van der Waals surface area contributed by atoms with Gasteiger partial charge in [0.05, 0.1) is 18.6 Å². The molecule has 3 atom stereocenters. The van der Waals surface area contributed by atoms with Crippen molar-refractivity contribution >= 4 is 11.6 Å². The molecule has 5 rings (SSSR count). The van der Waals surface area contributed by atoms with Gasteiger partial charge < -0.3 is 14.7 Å². The van der Waals surface area contributed by atoms with Crippen LogP contribution < -0.4 is 9.64 Å². The van der Waals surface area contributed by atoms with Crippen molar-refractivity contribution in [1.82, 2.24) is 0 Å². The Morgan fingerprint density at radius 1 is 0.806 bits per heavy atom. The summed E-state index contributed by atoms with van der Waals surface area (Å²) in [4.78, 5) is 15.0. The standard InChI is InChI=1S/C30H25F2NO3/c31-23-10-6-21(7-11-23)27(18-34)28-29(33(30(28)35)25-14-12-24(32)13-15-25)22-8-16-26(17-9-22)36-19-20-4-2-1-3-5-20/h1-17,27-29,34H,18-19H2/t27?,28-,29-/m1/s1. The predicted octanol–water partition coefficient (Wildman–Crippen LogP) is 6.02. The Morgan fingerprint density at radius 2 is 1.42 bits per heavy atom. The highest BCUT2D eigenvalue weighted by atomic mass is 19.1. The van der Waals surface area contributed by atoms with Gasteiger partial charge in [-0.05, 0) is 65.2 Å². The molecule has 0 aliphatic carbocycles. The van der Waals surface area contributed by atoms with Crippen LogP contribution in [-0.4, -0.2) is 17.6 Å². The molecule has 1 heterocycles. The molecule has 182 valence electrons. The van der Waals surface area contributed by atoms with Gasteiger partial charge in [-0.1, -0.05) is 54.6 Å². The Labute approximate surface area is 208 Å². The third kappa shape index (κ3) is 4.72. The minimum atomic E-state index is -0.568. The van der Waals surface area contributed by atoms with Gasteiger partial charge in [-0.15, -0.1) is 0 Å². The normalized spacial score (nSPS) is 18.0. The van der Waals surface area contributed by atoms with E-state index in [-0.39, 0.29) is 24.1 Å². The van der Waals surface area contributed by atoms with E-state index in [4.69, 9.17) is 4.74 Å². The summed E-state index contributed by atoms with van der Waals surface area (Å²) in [7, 11) is 0. The highest BCUT2D eigenvalue weighted by molar-refractivity contribution is 6.04. The molecule has 0 aromatic heterocycles. The van der Waals surface area contributed by atoms with Crippen LogP contribution in [0, 0.1) is 17.6 Å². The molecule has 6 heteroatoms. The molecule has 0 radical (unpaired) electrons. The molecule has 0 spiro atoms. The third-order valence-corrected chi connectivity index (χ3v) is 6.64. The largest absolute Gasteiger partial charge is 0.489 e. The van der Waals surface area contributed by atoms with Crippen LogP contribution >= 0.6 is 0 Å². The lowest BCUT2D eigenvalue weighted by molar-refractivity contribution is -0.132. The smallest absolute Gasteiger partial charge is 0.233 e. The SMILES string of the molecule is O=C1[C@H](C(CO)c2ccc(F)cc2)[C@@H](c2ccc(OCc3ccccc3)cc2)N1c1ccc(F)cc1. The number of aliphatic hydroxyl groups excluding tert-OH is 1.